The maximum absolute atomic E-state index is 11.7. The Hall–Kier alpha value is -3.91. The molecule has 0 bridgehead atoms. The van der Waals surface area contributed by atoms with E-state index in [4.69, 9.17) is 32.2 Å². The van der Waals surface area contributed by atoms with Crippen LogP contribution in [0.5, 0.6) is 5.75 Å². The first kappa shape index (κ1) is 25.7. The Labute approximate surface area is 205 Å². The first-order valence-electron chi connectivity index (χ1n) is 10.8. The zero-order valence-corrected chi connectivity index (χ0v) is 19.7. The van der Waals surface area contributed by atoms with Crippen molar-refractivity contribution in [1.29, 1.82) is 5.41 Å². The van der Waals surface area contributed by atoms with Crippen molar-refractivity contribution >= 4 is 40.0 Å². The molecule has 0 fully saturated rings. The molecule has 14 heteroatoms. The van der Waals surface area contributed by atoms with Gasteiger partial charge in [0.2, 0.25) is 0 Å². The summed E-state index contributed by atoms with van der Waals surface area (Å²) in [5.41, 5.74) is 18.1. The number of nitrogens with two attached hydrogens (primary N) is 3. The number of nitrogen functional groups attached to an aromatic ring is 1. The number of guanidine groups is 1. The second-order valence-corrected chi connectivity index (χ2v) is 8.57. The van der Waals surface area contributed by atoms with Gasteiger partial charge in [0.25, 0.3) is 12.0 Å². The van der Waals surface area contributed by atoms with Crippen molar-refractivity contribution in [2.45, 2.75) is 32.0 Å². The Kier molecular flexibility index (Phi) is 8.80. The quantitative estimate of drug-likeness (QED) is 0.0987. The summed E-state index contributed by atoms with van der Waals surface area (Å²) in [6, 6.07) is 5.39. The van der Waals surface area contributed by atoms with E-state index in [1.807, 2.05) is 11.0 Å². The van der Waals surface area contributed by atoms with Gasteiger partial charge in [0.1, 0.15) is 18.1 Å². The molecular formula is C21H28N8O5S. The molecule has 1 aliphatic rings. The number of anilines is 1. The minimum Gasteiger partial charge on any atom is -0.489 e. The number of carbonyl (C=O) groups is 2. The monoisotopic (exact) mass is 504 g/mol. The van der Waals surface area contributed by atoms with Gasteiger partial charge in [0, 0.05) is 25.0 Å². The van der Waals surface area contributed by atoms with Crippen molar-refractivity contribution < 1.29 is 24.3 Å². The van der Waals surface area contributed by atoms with E-state index in [2.05, 4.69) is 15.5 Å². The van der Waals surface area contributed by atoms with Crippen molar-refractivity contribution in [3.05, 3.63) is 40.4 Å². The molecule has 13 nitrogen and oxygen atoms in total. The number of carboxylic acid groups (broad SMARTS) is 1. The maximum Gasteiger partial charge on any atom is 0.351 e. The van der Waals surface area contributed by atoms with Crippen LogP contribution < -0.4 is 27.3 Å². The maximum atomic E-state index is 11.7. The molecule has 1 aromatic heterocycles. The number of primary amides is 1. The molecule has 0 aliphatic carbocycles. The summed E-state index contributed by atoms with van der Waals surface area (Å²) in [4.78, 5) is 34.1. The summed E-state index contributed by atoms with van der Waals surface area (Å²) >= 11 is 1.07. The highest BCUT2D eigenvalue weighted by Crippen LogP contribution is 2.27. The number of carboxylic acids is 1. The molecule has 2 aromatic rings. The highest BCUT2D eigenvalue weighted by molar-refractivity contribution is 7.13. The van der Waals surface area contributed by atoms with Gasteiger partial charge >= 0.3 is 5.97 Å². The van der Waals surface area contributed by atoms with E-state index in [1.54, 1.807) is 12.1 Å². The van der Waals surface area contributed by atoms with Crippen LogP contribution in [0.15, 0.2) is 28.7 Å². The van der Waals surface area contributed by atoms with E-state index in [-0.39, 0.29) is 23.1 Å². The number of hydrogen-bond donors (Lipinski definition) is 6. The molecule has 0 radical (unpaired) electrons. The zero-order chi connectivity index (χ0) is 25.4. The van der Waals surface area contributed by atoms with E-state index in [9.17, 15) is 14.7 Å². The topological polar surface area (TPSA) is 215 Å². The van der Waals surface area contributed by atoms with Gasteiger partial charge in [-0.1, -0.05) is 11.2 Å². The molecular weight excluding hydrogens is 476 g/mol. The SMILES string of the molecule is N=C(NCCCCN)N1Cc2ccc(OCC(O/N=C(\C(N)=O)c3csc(N)n3)C(=O)O)cc2C1. The van der Waals surface area contributed by atoms with Crippen molar-refractivity contribution in [3.63, 3.8) is 0 Å². The van der Waals surface area contributed by atoms with Crippen LogP contribution in [0.2, 0.25) is 0 Å². The predicted molar refractivity (Wildman–Crippen MR) is 130 cm³/mol. The van der Waals surface area contributed by atoms with Crippen molar-refractivity contribution in [1.82, 2.24) is 15.2 Å². The molecule has 1 aromatic carbocycles. The highest BCUT2D eigenvalue weighted by Gasteiger charge is 2.25. The van der Waals surface area contributed by atoms with E-state index in [1.165, 1.54) is 5.38 Å². The number of carbonyl (C=O) groups excluding carboxylic acids is 1. The summed E-state index contributed by atoms with van der Waals surface area (Å²) in [6.45, 7) is 2.05. The number of nitrogens with one attached hydrogen (secondary N) is 2. The average Bonchev–Trinajstić information content (AvgIpc) is 3.44. The molecule has 9 N–H and O–H groups in total. The number of unbranched alkanes of at least 4 members (excludes halogenated alkanes) is 1. The zero-order valence-electron chi connectivity index (χ0n) is 18.9. The number of fused-ring (bicyclic) bond motifs is 1. The van der Waals surface area contributed by atoms with Crippen molar-refractivity contribution in [2.75, 3.05) is 25.4 Å². The minimum atomic E-state index is -1.50. The lowest BCUT2D eigenvalue weighted by atomic mass is 10.1. The standard InChI is InChI=1S/C21H28N8O5S/c22-5-1-2-6-26-20(24)29-8-12-3-4-14(7-13(12)9-29)33-10-16(19(31)32)34-28-17(18(23)30)15-11-35-21(25)27-15/h3-4,7,11,16H,1-2,5-6,8-10,22H2,(H2,23,30)(H2,24,26)(H2,25,27)(H,31,32)/b28-17-. The summed E-state index contributed by atoms with van der Waals surface area (Å²) in [6.07, 6.45) is 0.292. The molecule has 1 amide bonds. The summed E-state index contributed by atoms with van der Waals surface area (Å²) in [7, 11) is 0. The average molecular weight is 505 g/mol. The Bertz CT molecular complexity index is 1110. The molecule has 3 rings (SSSR count). The number of benzene rings is 1. The van der Waals surface area contributed by atoms with Gasteiger partial charge in [-0.2, -0.15) is 0 Å². The van der Waals surface area contributed by atoms with Gasteiger partial charge in [-0.25, -0.2) is 9.78 Å². The normalized spacial score (nSPS) is 13.7. The fourth-order valence-corrected chi connectivity index (χ4v) is 3.80. The van der Waals surface area contributed by atoms with E-state index in [0.717, 1.165) is 35.3 Å². The van der Waals surface area contributed by atoms with Gasteiger partial charge in [-0.05, 0) is 42.6 Å². The second-order valence-electron chi connectivity index (χ2n) is 7.68. The van der Waals surface area contributed by atoms with Gasteiger partial charge in [0.05, 0.1) is 0 Å². The van der Waals surface area contributed by atoms with Crippen LogP contribution >= 0.6 is 11.3 Å². The molecule has 0 saturated heterocycles. The van der Waals surface area contributed by atoms with Crippen LogP contribution in [-0.2, 0) is 27.5 Å². The number of hydrogen-bond acceptors (Lipinski definition) is 10. The minimum absolute atomic E-state index is 0.0904. The molecule has 2 heterocycles. The van der Waals surface area contributed by atoms with Crippen LogP contribution in [0.4, 0.5) is 5.13 Å². The number of aliphatic carboxylic acids is 1. The largest absolute Gasteiger partial charge is 0.489 e. The van der Waals surface area contributed by atoms with Crippen LogP contribution in [0.25, 0.3) is 0 Å². The third-order valence-electron chi connectivity index (χ3n) is 5.09. The lowest BCUT2D eigenvalue weighted by Gasteiger charge is -2.19. The number of thiazole rings is 1. The molecule has 35 heavy (non-hydrogen) atoms. The summed E-state index contributed by atoms with van der Waals surface area (Å²) in [5, 5.41) is 26.0. The Morgan fingerprint density at radius 3 is 2.74 bits per heavy atom. The van der Waals surface area contributed by atoms with Crippen LogP contribution in [0.3, 0.4) is 0 Å². The number of aromatic nitrogens is 1. The van der Waals surface area contributed by atoms with Crippen molar-refractivity contribution in [2.24, 2.45) is 16.6 Å². The fraction of sp³-hybridized carbons (Fsp3) is 0.381. The van der Waals surface area contributed by atoms with E-state index >= 15 is 0 Å². The van der Waals surface area contributed by atoms with Gasteiger partial charge in [-0.3, -0.25) is 10.2 Å². The molecule has 1 atom stereocenters. The predicted octanol–water partition coefficient (Wildman–Crippen LogP) is 0.0424. The fourth-order valence-electron chi connectivity index (χ4n) is 3.26. The van der Waals surface area contributed by atoms with Crippen molar-refractivity contribution in [3.8, 4) is 5.75 Å². The molecule has 0 saturated carbocycles. The number of rotatable bonds is 12. The van der Waals surface area contributed by atoms with Crippen LogP contribution in [0.1, 0.15) is 29.7 Å². The molecule has 1 unspecified atom stereocenters. The lowest BCUT2D eigenvalue weighted by Crippen LogP contribution is -2.37. The Morgan fingerprint density at radius 2 is 2.09 bits per heavy atom. The Balaban J connectivity index is 1.58. The highest BCUT2D eigenvalue weighted by atomic mass is 32.1. The smallest absolute Gasteiger partial charge is 0.351 e. The second kappa shape index (κ2) is 12.0. The summed E-state index contributed by atoms with van der Waals surface area (Å²) in [5.74, 6) is -1.50. The molecule has 188 valence electrons. The van der Waals surface area contributed by atoms with E-state index < -0.39 is 18.0 Å². The number of oxime groups is 1. The van der Waals surface area contributed by atoms with Crippen LogP contribution in [0, 0.1) is 5.41 Å². The molecule has 0 spiro atoms. The van der Waals surface area contributed by atoms with Gasteiger partial charge in [-0.15, -0.1) is 11.3 Å². The third-order valence-corrected chi connectivity index (χ3v) is 5.76. The number of ether oxygens (including phenoxy) is 1. The van der Waals surface area contributed by atoms with Crippen LogP contribution in [-0.4, -0.2) is 64.3 Å². The van der Waals surface area contributed by atoms with Gasteiger partial charge < -0.3 is 42.1 Å². The number of amides is 1. The first-order valence-corrected chi connectivity index (χ1v) is 11.7. The van der Waals surface area contributed by atoms with Gasteiger partial charge in [0.15, 0.2) is 16.8 Å². The first-order chi connectivity index (χ1) is 16.8. The molecule has 1 aliphatic heterocycles. The lowest BCUT2D eigenvalue weighted by molar-refractivity contribution is -0.152. The Morgan fingerprint density at radius 1 is 1.31 bits per heavy atom. The van der Waals surface area contributed by atoms with E-state index in [0.29, 0.717) is 37.9 Å². The number of nitrogens with zero attached hydrogens (tertiary/aromatic N) is 3. The summed E-state index contributed by atoms with van der Waals surface area (Å²) < 4.78 is 5.62. The third kappa shape index (κ3) is 7.04.